The zero-order chi connectivity index (χ0) is 19.2. The zero-order valence-electron chi connectivity index (χ0n) is 12.6. The van der Waals surface area contributed by atoms with Crippen molar-refractivity contribution in [2.24, 2.45) is 0 Å². The molecule has 140 valence electrons. The van der Waals surface area contributed by atoms with Crippen LogP contribution in [0.15, 0.2) is 23.1 Å². The van der Waals surface area contributed by atoms with Gasteiger partial charge in [-0.2, -0.15) is 4.39 Å². The van der Waals surface area contributed by atoms with Gasteiger partial charge in [-0.25, -0.2) is 30.4 Å². The predicted octanol–water partition coefficient (Wildman–Crippen LogP) is 3.86. The molecule has 0 amide bonds. The average molecular weight is 397 g/mol. The smallest absolute Gasteiger partial charge is 0.268 e. The van der Waals surface area contributed by atoms with Crippen molar-refractivity contribution < 1.29 is 39.5 Å². The van der Waals surface area contributed by atoms with E-state index in [2.05, 4.69) is 0 Å². The molecule has 26 heavy (non-hydrogen) atoms. The van der Waals surface area contributed by atoms with E-state index in [0.717, 1.165) is 0 Å². The lowest BCUT2D eigenvalue weighted by atomic mass is 10.3. The summed E-state index contributed by atoms with van der Waals surface area (Å²) < 4.78 is 113. The predicted molar refractivity (Wildman–Crippen MR) is 77.1 cm³/mol. The molecule has 0 aliphatic heterocycles. The first-order valence-electron chi connectivity index (χ1n) is 7.12. The Hall–Kier alpha value is -2.43. The van der Waals surface area contributed by atoms with Crippen LogP contribution in [0.2, 0.25) is 0 Å². The van der Waals surface area contributed by atoms with Crippen LogP contribution in [0.25, 0.3) is 0 Å². The summed E-state index contributed by atoms with van der Waals surface area (Å²) in [7, 11) is -5.15. The van der Waals surface area contributed by atoms with Crippen molar-refractivity contribution >= 4 is 15.7 Å². The molecule has 1 aliphatic carbocycles. The van der Waals surface area contributed by atoms with Gasteiger partial charge in [-0.1, -0.05) is 0 Å². The summed E-state index contributed by atoms with van der Waals surface area (Å²) >= 11 is 0. The minimum absolute atomic E-state index is 0.335. The number of halogens is 6. The molecule has 11 heteroatoms. The van der Waals surface area contributed by atoms with Crippen LogP contribution in [0.1, 0.15) is 12.8 Å². The number of rotatable bonds is 5. The molecule has 0 atom stereocenters. The number of anilines is 1. The highest BCUT2D eigenvalue weighted by molar-refractivity contribution is 7.92. The number of hydrogen-bond donors (Lipinski definition) is 1. The van der Waals surface area contributed by atoms with E-state index in [1.807, 2.05) is 0 Å². The number of benzene rings is 2. The highest BCUT2D eigenvalue weighted by Crippen LogP contribution is 2.38. The second-order valence-electron chi connectivity index (χ2n) is 5.46. The minimum Gasteiger partial charge on any atom is -0.486 e. The van der Waals surface area contributed by atoms with E-state index in [1.54, 1.807) is 0 Å². The number of nitrogens with one attached hydrogen (secondary N) is 1. The van der Waals surface area contributed by atoms with Crippen LogP contribution in [0.4, 0.5) is 32.0 Å². The van der Waals surface area contributed by atoms with Gasteiger partial charge in [-0.05, 0) is 25.0 Å². The van der Waals surface area contributed by atoms with Crippen LogP contribution in [-0.2, 0) is 10.0 Å². The van der Waals surface area contributed by atoms with Crippen molar-refractivity contribution in [3.63, 3.8) is 0 Å². The Morgan fingerprint density at radius 1 is 0.923 bits per heavy atom. The summed E-state index contributed by atoms with van der Waals surface area (Å²) in [6.07, 6.45) is 0.0596. The van der Waals surface area contributed by atoms with Crippen LogP contribution in [0, 0.1) is 34.9 Å². The van der Waals surface area contributed by atoms with Gasteiger partial charge in [0.2, 0.25) is 11.6 Å². The Kier molecular flexibility index (Phi) is 4.51. The molecule has 0 unspecified atom stereocenters. The van der Waals surface area contributed by atoms with Crippen LogP contribution >= 0.6 is 0 Å². The van der Waals surface area contributed by atoms with Gasteiger partial charge < -0.3 is 4.74 Å². The van der Waals surface area contributed by atoms with Gasteiger partial charge in [0.1, 0.15) is 11.6 Å². The molecule has 1 fully saturated rings. The standard InChI is InChI=1S/C15H9F6NO3S/c16-6-1-4-9(8(17)5-6)22-26(23,24)15-13(21)11(19)10(18)12(20)14(15)25-7-2-3-7/h1,4-5,7,22H,2-3H2. The summed E-state index contributed by atoms with van der Waals surface area (Å²) in [6.45, 7) is 0. The largest absolute Gasteiger partial charge is 0.486 e. The lowest BCUT2D eigenvalue weighted by Gasteiger charge is -2.16. The van der Waals surface area contributed by atoms with Gasteiger partial charge >= 0.3 is 0 Å². The third-order valence-corrected chi connectivity index (χ3v) is 4.83. The van der Waals surface area contributed by atoms with Crippen LogP contribution in [0.3, 0.4) is 0 Å². The molecule has 4 nitrogen and oxygen atoms in total. The quantitative estimate of drug-likeness (QED) is 0.474. The summed E-state index contributed by atoms with van der Waals surface area (Å²) in [4.78, 5) is -1.65. The molecule has 0 saturated heterocycles. The second-order valence-corrected chi connectivity index (χ2v) is 7.08. The fourth-order valence-electron chi connectivity index (χ4n) is 2.06. The third kappa shape index (κ3) is 3.30. The molecule has 1 N–H and O–H groups in total. The van der Waals surface area contributed by atoms with Crippen molar-refractivity contribution in [3.8, 4) is 5.75 Å². The number of ether oxygens (including phenoxy) is 1. The van der Waals surface area contributed by atoms with E-state index in [4.69, 9.17) is 4.74 Å². The maximum Gasteiger partial charge on any atom is 0.268 e. The summed E-state index contributed by atoms with van der Waals surface area (Å²) in [5.41, 5.74) is -0.812. The molecule has 0 bridgehead atoms. The first-order chi connectivity index (χ1) is 12.1. The van der Waals surface area contributed by atoms with Gasteiger partial charge in [0, 0.05) is 6.07 Å². The fourth-order valence-corrected chi connectivity index (χ4v) is 3.32. The Labute approximate surface area is 143 Å². The molecular weight excluding hydrogens is 388 g/mol. The van der Waals surface area contributed by atoms with Crippen molar-refractivity contribution in [1.29, 1.82) is 0 Å². The van der Waals surface area contributed by atoms with Crippen molar-refractivity contribution in [2.75, 3.05) is 4.72 Å². The molecule has 0 heterocycles. The first kappa shape index (κ1) is 18.4. The summed E-state index contributed by atoms with van der Waals surface area (Å²) in [5, 5.41) is 0. The zero-order valence-corrected chi connectivity index (χ0v) is 13.4. The Bertz CT molecular complexity index is 992. The Morgan fingerprint density at radius 3 is 2.12 bits per heavy atom. The highest BCUT2D eigenvalue weighted by Gasteiger charge is 2.37. The lowest BCUT2D eigenvalue weighted by molar-refractivity contribution is 0.262. The molecule has 3 rings (SSSR count). The molecule has 1 saturated carbocycles. The molecule has 0 radical (unpaired) electrons. The first-order valence-corrected chi connectivity index (χ1v) is 8.60. The third-order valence-electron chi connectivity index (χ3n) is 3.44. The maximum atomic E-state index is 14.1. The van der Waals surface area contributed by atoms with Crippen molar-refractivity contribution in [2.45, 2.75) is 23.8 Å². The van der Waals surface area contributed by atoms with E-state index in [9.17, 15) is 34.8 Å². The van der Waals surface area contributed by atoms with Crippen molar-refractivity contribution in [1.82, 2.24) is 0 Å². The monoisotopic (exact) mass is 397 g/mol. The summed E-state index contributed by atoms with van der Waals surface area (Å²) in [6, 6.07) is 1.71. The van der Waals surface area contributed by atoms with Crippen molar-refractivity contribution in [3.05, 3.63) is 53.1 Å². The molecule has 2 aromatic carbocycles. The van der Waals surface area contributed by atoms with Gasteiger partial charge in [-0.15, -0.1) is 0 Å². The highest BCUT2D eigenvalue weighted by atomic mass is 32.2. The molecular formula is C15H9F6NO3S. The minimum atomic E-state index is -5.15. The van der Waals surface area contributed by atoms with Gasteiger partial charge in [-0.3, -0.25) is 4.72 Å². The van der Waals surface area contributed by atoms with Crippen LogP contribution in [-0.4, -0.2) is 14.5 Å². The number of sulfonamides is 1. The van der Waals surface area contributed by atoms with E-state index in [0.29, 0.717) is 31.0 Å². The molecule has 0 aromatic heterocycles. The molecule has 2 aromatic rings. The normalized spacial score (nSPS) is 14.4. The molecule has 1 aliphatic rings. The fraction of sp³-hybridized carbons (Fsp3) is 0.200. The van der Waals surface area contributed by atoms with E-state index in [-0.39, 0.29) is 0 Å². The van der Waals surface area contributed by atoms with E-state index < -0.39 is 67.4 Å². The van der Waals surface area contributed by atoms with Gasteiger partial charge in [0.05, 0.1) is 11.8 Å². The topological polar surface area (TPSA) is 55.4 Å². The SMILES string of the molecule is O=S(=O)(Nc1ccc(F)cc1F)c1c(F)c(F)c(F)c(F)c1OC1CC1. The summed E-state index contributed by atoms with van der Waals surface area (Å²) in [5.74, 6) is -12.6. The average Bonchev–Trinajstić information content (AvgIpc) is 3.37. The number of hydrogen-bond acceptors (Lipinski definition) is 3. The van der Waals surface area contributed by atoms with Gasteiger partial charge in [0.15, 0.2) is 22.3 Å². The van der Waals surface area contributed by atoms with Crippen LogP contribution in [0.5, 0.6) is 5.75 Å². The lowest BCUT2D eigenvalue weighted by Crippen LogP contribution is -2.20. The Morgan fingerprint density at radius 2 is 1.54 bits per heavy atom. The Balaban J connectivity index is 2.14. The van der Waals surface area contributed by atoms with E-state index in [1.165, 1.54) is 4.72 Å². The van der Waals surface area contributed by atoms with E-state index >= 15 is 0 Å². The van der Waals surface area contributed by atoms with Crippen LogP contribution < -0.4 is 9.46 Å². The second kappa shape index (κ2) is 6.38. The maximum absolute atomic E-state index is 14.1. The van der Waals surface area contributed by atoms with Gasteiger partial charge in [0.25, 0.3) is 10.0 Å². The molecule has 0 spiro atoms.